The Morgan fingerprint density at radius 3 is 2.91 bits per heavy atom. The van der Waals surface area contributed by atoms with Crippen LogP contribution in [0.2, 0.25) is 0 Å². The van der Waals surface area contributed by atoms with Crippen molar-refractivity contribution in [2.45, 2.75) is 50.9 Å². The predicted molar refractivity (Wildman–Crippen MR) is 140 cm³/mol. The molecule has 1 aromatic carbocycles. The van der Waals surface area contributed by atoms with Gasteiger partial charge in [-0.3, -0.25) is 9.78 Å². The molecule has 0 spiro atoms. The molecule has 2 aliphatic rings. The molecule has 2 fully saturated rings. The van der Waals surface area contributed by atoms with Crippen LogP contribution in [0, 0.1) is 6.92 Å². The van der Waals surface area contributed by atoms with E-state index >= 15 is 0 Å². The maximum Gasteiger partial charge on any atom is 0.226 e. The van der Waals surface area contributed by atoms with Crippen molar-refractivity contribution in [1.82, 2.24) is 19.8 Å². The number of benzene rings is 1. The molecule has 8 heteroatoms. The van der Waals surface area contributed by atoms with Crippen LogP contribution in [0.1, 0.15) is 48.3 Å². The van der Waals surface area contributed by atoms with Crippen molar-refractivity contribution in [2.24, 2.45) is 0 Å². The van der Waals surface area contributed by atoms with E-state index in [2.05, 4.69) is 43.4 Å². The second-order valence-corrected chi connectivity index (χ2v) is 9.59. The van der Waals surface area contributed by atoms with Crippen LogP contribution >= 0.6 is 12.2 Å². The number of hydrogen-bond acceptors (Lipinski definition) is 4. The molecule has 7 nitrogen and oxygen atoms in total. The number of amides is 1. The van der Waals surface area contributed by atoms with Gasteiger partial charge in [0.05, 0.1) is 23.9 Å². The Morgan fingerprint density at radius 2 is 2.14 bits per heavy atom. The number of ether oxygens (including phenoxy) is 1. The number of pyridine rings is 1. The monoisotopic (exact) mass is 489 g/mol. The molecule has 0 saturated carbocycles. The Bertz CT molecular complexity index is 1180. The molecular weight excluding hydrogens is 458 g/mol. The molecule has 5 rings (SSSR count). The number of hydrogen-bond donors (Lipinski definition) is 2. The van der Waals surface area contributed by atoms with Gasteiger partial charge in [0, 0.05) is 49.9 Å². The van der Waals surface area contributed by atoms with E-state index in [0.717, 1.165) is 48.6 Å². The van der Waals surface area contributed by atoms with Crippen molar-refractivity contribution < 1.29 is 9.53 Å². The van der Waals surface area contributed by atoms with Crippen LogP contribution in [0.5, 0.6) is 0 Å². The third kappa shape index (κ3) is 5.39. The van der Waals surface area contributed by atoms with Crippen molar-refractivity contribution in [3.8, 4) is 0 Å². The standard InChI is InChI=1S/C27H31N5O2S/c1-19-7-4-8-20(17-19)29-24(33)12-15-32-26(25(30-27(32)35)22-10-2-3-13-28-22)23-11-5-14-31(23)18-21-9-6-16-34-21/h2-5,7-8,10-11,13-14,17,21,25-26H,6,9,12,15-16,18H2,1H3,(H,29,33)(H,30,35). The lowest BCUT2D eigenvalue weighted by Crippen LogP contribution is -2.33. The van der Waals surface area contributed by atoms with Gasteiger partial charge in [0.2, 0.25) is 5.91 Å². The summed E-state index contributed by atoms with van der Waals surface area (Å²) in [7, 11) is 0. The molecule has 2 saturated heterocycles. The molecule has 2 N–H and O–H groups in total. The normalized spacial score (nSPS) is 21.8. The fourth-order valence-corrected chi connectivity index (χ4v) is 5.34. The third-order valence-electron chi connectivity index (χ3n) is 6.67. The van der Waals surface area contributed by atoms with E-state index in [-0.39, 0.29) is 24.1 Å². The summed E-state index contributed by atoms with van der Waals surface area (Å²) in [6, 6.07) is 17.8. The maximum atomic E-state index is 12.8. The molecule has 1 amide bonds. The summed E-state index contributed by atoms with van der Waals surface area (Å²) in [5.74, 6) is -0.0341. The van der Waals surface area contributed by atoms with Crippen molar-refractivity contribution >= 4 is 28.9 Å². The number of nitrogens with zero attached hydrogens (tertiary/aromatic N) is 3. The number of carbonyl (C=O) groups is 1. The van der Waals surface area contributed by atoms with Gasteiger partial charge in [-0.25, -0.2) is 0 Å². The number of carbonyl (C=O) groups excluding carboxylic acids is 1. The van der Waals surface area contributed by atoms with Gasteiger partial charge in [-0.1, -0.05) is 18.2 Å². The molecule has 3 unspecified atom stereocenters. The molecule has 0 radical (unpaired) electrons. The minimum absolute atomic E-state index is 0.0341. The van der Waals surface area contributed by atoms with Crippen molar-refractivity contribution in [3.63, 3.8) is 0 Å². The minimum Gasteiger partial charge on any atom is -0.376 e. The van der Waals surface area contributed by atoms with Crippen molar-refractivity contribution in [1.29, 1.82) is 0 Å². The molecule has 0 aliphatic carbocycles. The van der Waals surface area contributed by atoms with E-state index in [0.29, 0.717) is 18.1 Å². The highest BCUT2D eigenvalue weighted by Gasteiger charge is 2.41. The van der Waals surface area contributed by atoms with Crippen LogP contribution in [0.4, 0.5) is 5.69 Å². The minimum atomic E-state index is -0.110. The van der Waals surface area contributed by atoms with Gasteiger partial charge in [0.15, 0.2) is 5.11 Å². The number of thiocarbonyl (C=S) groups is 1. The summed E-state index contributed by atoms with van der Waals surface area (Å²) in [5, 5.41) is 7.13. The first-order valence-corrected chi connectivity index (χ1v) is 12.6. The molecule has 182 valence electrons. The quantitative estimate of drug-likeness (QED) is 0.458. The smallest absolute Gasteiger partial charge is 0.226 e. The molecule has 3 aromatic rings. The van der Waals surface area contributed by atoms with E-state index in [4.69, 9.17) is 17.0 Å². The van der Waals surface area contributed by atoms with Crippen LogP contribution in [0.3, 0.4) is 0 Å². The molecular formula is C27H31N5O2S. The zero-order valence-electron chi connectivity index (χ0n) is 19.9. The van der Waals surface area contributed by atoms with Gasteiger partial charge in [0.25, 0.3) is 0 Å². The summed E-state index contributed by atoms with van der Waals surface area (Å²) in [6.07, 6.45) is 6.65. The largest absolute Gasteiger partial charge is 0.376 e. The Hall–Kier alpha value is -3.23. The number of aromatic nitrogens is 2. The third-order valence-corrected chi connectivity index (χ3v) is 7.02. The first-order chi connectivity index (χ1) is 17.1. The molecule has 2 aromatic heterocycles. The van der Waals surface area contributed by atoms with Crippen LogP contribution in [-0.4, -0.2) is 44.7 Å². The van der Waals surface area contributed by atoms with Crippen LogP contribution in [-0.2, 0) is 16.1 Å². The Labute approximate surface area is 211 Å². The second kappa shape index (κ2) is 10.6. The summed E-state index contributed by atoms with van der Waals surface area (Å²) in [4.78, 5) is 19.5. The Kier molecular flexibility index (Phi) is 7.11. The topological polar surface area (TPSA) is 71.4 Å². The lowest BCUT2D eigenvalue weighted by atomic mass is 10.0. The average molecular weight is 490 g/mol. The highest BCUT2D eigenvalue weighted by molar-refractivity contribution is 7.80. The molecule has 4 heterocycles. The summed E-state index contributed by atoms with van der Waals surface area (Å²) in [6.45, 7) is 4.15. The van der Waals surface area contributed by atoms with Gasteiger partial charge in [-0.15, -0.1) is 0 Å². The fraction of sp³-hybridized carbons (Fsp3) is 0.370. The molecule has 2 aliphatic heterocycles. The van der Waals surface area contributed by atoms with Crippen LogP contribution < -0.4 is 10.6 Å². The molecule has 0 bridgehead atoms. The fourth-order valence-electron chi connectivity index (χ4n) is 5.01. The first-order valence-electron chi connectivity index (χ1n) is 12.2. The number of rotatable bonds is 8. The Balaban J connectivity index is 1.37. The Morgan fingerprint density at radius 1 is 1.23 bits per heavy atom. The van der Waals surface area contributed by atoms with E-state index in [9.17, 15) is 4.79 Å². The zero-order chi connectivity index (χ0) is 24.2. The predicted octanol–water partition coefficient (Wildman–Crippen LogP) is 4.37. The highest BCUT2D eigenvalue weighted by Crippen LogP contribution is 2.39. The lowest BCUT2D eigenvalue weighted by molar-refractivity contribution is -0.116. The van der Waals surface area contributed by atoms with Gasteiger partial charge in [-0.05, 0) is 73.9 Å². The lowest BCUT2D eigenvalue weighted by Gasteiger charge is -2.29. The molecule has 35 heavy (non-hydrogen) atoms. The van der Waals surface area contributed by atoms with Crippen LogP contribution in [0.25, 0.3) is 0 Å². The zero-order valence-corrected chi connectivity index (χ0v) is 20.7. The summed E-state index contributed by atoms with van der Waals surface area (Å²) < 4.78 is 8.18. The number of aryl methyl sites for hydroxylation is 1. The van der Waals surface area contributed by atoms with Gasteiger partial charge in [0.1, 0.15) is 0 Å². The first kappa shape index (κ1) is 23.5. The van der Waals surface area contributed by atoms with Gasteiger partial charge in [-0.2, -0.15) is 0 Å². The van der Waals surface area contributed by atoms with Gasteiger partial charge >= 0.3 is 0 Å². The number of nitrogens with one attached hydrogen (secondary N) is 2. The van der Waals surface area contributed by atoms with E-state index < -0.39 is 0 Å². The second-order valence-electron chi connectivity index (χ2n) is 9.21. The van der Waals surface area contributed by atoms with E-state index in [1.165, 1.54) is 0 Å². The SMILES string of the molecule is Cc1cccc(NC(=O)CCN2C(=S)NC(c3ccccn3)C2c2cccn2CC2CCCO2)c1. The van der Waals surface area contributed by atoms with Crippen molar-refractivity contribution in [3.05, 3.63) is 83.9 Å². The van der Waals surface area contributed by atoms with E-state index in [1.807, 2.05) is 49.4 Å². The maximum absolute atomic E-state index is 12.8. The van der Waals surface area contributed by atoms with E-state index in [1.54, 1.807) is 6.20 Å². The van der Waals surface area contributed by atoms with Crippen molar-refractivity contribution in [2.75, 3.05) is 18.5 Å². The molecule has 3 atom stereocenters. The van der Waals surface area contributed by atoms with Gasteiger partial charge < -0.3 is 24.8 Å². The number of anilines is 1. The highest BCUT2D eigenvalue weighted by atomic mass is 32.1. The summed E-state index contributed by atoms with van der Waals surface area (Å²) in [5.41, 5.74) is 3.99. The average Bonchev–Trinajstić information content (AvgIpc) is 3.59. The summed E-state index contributed by atoms with van der Waals surface area (Å²) >= 11 is 5.78. The van der Waals surface area contributed by atoms with Crippen LogP contribution in [0.15, 0.2) is 67.0 Å².